The zero-order valence-electron chi connectivity index (χ0n) is 6.33. The molecule has 0 atom stereocenters. The molecule has 0 unspecified atom stereocenters. The van der Waals surface area contributed by atoms with Gasteiger partial charge in [0.15, 0.2) is 0 Å². The van der Waals surface area contributed by atoms with E-state index in [9.17, 15) is 9.59 Å². The van der Waals surface area contributed by atoms with Crippen molar-refractivity contribution in [3.05, 3.63) is 33.2 Å². The normalized spacial score (nSPS) is 10.8. The fourth-order valence-electron chi connectivity index (χ4n) is 1.10. The maximum Gasteiger partial charge on any atom is 0.422 e. The van der Waals surface area contributed by atoms with Crippen molar-refractivity contribution in [2.24, 2.45) is 7.05 Å². The molecule has 1 N–H and O–H groups in total. The highest BCUT2D eigenvalue weighted by atomic mass is 16.4. The maximum absolute atomic E-state index is 11.0. The van der Waals surface area contributed by atoms with Gasteiger partial charge in [0, 0.05) is 13.2 Å². The maximum atomic E-state index is 11.0. The Morgan fingerprint density at radius 2 is 2.25 bits per heavy atom. The average Bonchev–Trinajstić information content (AvgIpc) is 2.48. The van der Waals surface area contributed by atoms with Crippen molar-refractivity contribution in [3.8, 4) is 0 Å². The summed E-state index contributed by atoms with van der Waals surface area (Å²) in [5.74, 6) is -0.646. The Labute approximate surface area is 66.2 Å². The molecule has 0 amide bonds. The van der Waals surface area contributed by atoms with Gasteiger partial charge in [-0.1, -0.05) is 0 Å². The molecule has 0 bridgehead atoms. The fourth-order valence-corrected chi connectivity index (χ4v) is 1.10. The predicted octanol–water partition coefficient (Wildman–Crippen LogP) is -0.180. The second-order valence-corrected chi connectivity index (χ2v) is 2.45. The van der Waals surface area contributed by atoms with Gasteiger partial charge >= 0.3 is 11.4 Å². The Bertz CT molecular complexity index is 531. The first-order valence-electron chi connectivity index (χ1n) is 3.37. The van der Waals surface area contributed by atoms with Crippen LogP contribution in [0.4, 0.5) is 0 Å². The molecular weight excluding hydrogens is 160 g/mol. The molecule has 0 radical (unpaired) electrons. The molecule has 0 aliphatic heterocycles. The van der Waals surface area contributed by atoms with E-state index < -0.39 is 11.4 Å². The summed E-state index contributed by atoms with van der Waals surface area (Å²) in [5.41, 5.74) is 0.242. The summed E-state index contributed by atoms with van der Waals surface area (Å²) in [6.07, 6.45) is 1.58. The first-order valence-corrected chi connectivity index (χ1v) is 3.37. The number of aromatic nitrogens is 2. The number of rotatable bonds is 0. The molecule has 0 aliphatic rings. The Kier molecular flexibility index (Phi) is 1.21. The number of aryl methyl sites for hydroxylation is 1. The summed E-state index contributed by atoms with van der Waals surface area (Å²) in [7, 11) is 1.54. The Hall–Kier alpha value is -1.78. The van der Waals surface area contributed by atoms with Gasteiger partial charge in [-0.3, -0.25) is 4.57 Å². The fraction of sp³-hybridized carbons (Fsp3) is 0.143. The summed E-state index contributed by atoms with van der Waals surface area (Å²) in [6.45, 7) is 0. The van der Waals surface area contributed by atoms with E-state index in [1.54, 1.807) is 19.3 Å². The van der Waals surface area contributed by atoms with Crippen molar-refractivity contribution in [1.82, 2.24) is 9.55 Å². The van der Waals surface area contributed by atoms with Gasteiger partial charge in [-0.25, -0.2) is 9.59 Å². The van der Waals surface area contributed by atoms with Crippen molar-refractivity contribution in [3.63, 3.8) is 0 Å². The standard InChI is InChI=1S/C7H6N2O3/c1-9-4-2-3-8-5(4)6(10)12-7(9)11/h2-3,8H,1H3. The Balaban J connectivity index is 3.18. The molecule has 0 aliphatic carbocycles. The van der Waals surface area contributed by atoms with Crippen LogP contribution >= 0.6 is 0 Å². The van der Waals surface area contributed by atoms with E-state index in [-0.39, 0.29) is 0 Å². The first kappa shape index (κ1) is 6.90. The first-order chi connectivity index (χ1) is 5.70. The van der Waals surface area contributed by atoms with Crippen LogP contribution in [-0.2, 0) is 7.05 Å². The zero-order valence-corrected chi connectivity index (χ0v) is 6.33. The van der Waals surface area contributed by atoms with Crippen LogP contribution in [0, 0.1) is 0 Å². The van der Waals surface area contributed by atoms with Crippen LogP contribution in [0.2, 0.25) is 0 Å². The predicted molar refractivity (Wildman–Crippen MR) is 42.1 cm³/mol. The SMILES string of the molecule is Cn1c(=O)oc(=O)c2[nH]ccc21. The van der Waals surface area contributed by atoms with E-state index in [2.05, 4.69) is 9.40 Å². The van der Waals surface area contributed by atoms with E-state index in [1.807, 2.05) is 0 Å². The quantitative estimate of drug-likeness (QED) is 0.590. The zero-order chi connectivity index (χ0) is 8.72. The van der Waals surface area contributed by atoms with Crippen LogP contribution in [0.3, 0.4) is 0 Å². The molecule has 0 saturated heterocycles. The van der Waals surface area contributed by atoms with E-state index in [1.165, 1.54) is 4.57 Å². The summed E-state index contributed by atoms with van der Waals surface area (Å²) in [5, 5.41) is 0. The Morgan fingerprint density at radius 1 is 1.50 bits per heavy atom. The van der Waals surface area contributed by atoms with Crippen LogP contribution in [0.5, 0.6) is 0 Å². The van der Waals surface area contributed by atoms with Crippen LogP contribution < -0.4 is 11.4 Å². The lowest BCUT2D eigenvalue weighted by atomic mass is 10.5. The number of aromatic amines is 1. The van der Waals surface area contributed by atoms with Crippen molar-refractivity contribution < 1.29 is 4.42 Å². The number of fused-ring (bicyclic) bond motifs is 1. The van der Waals surface area contributed by atoms with E-state index >= 15 is 0 Å². The van der Waals surface area contributed by atoms with Crippen molar-refractivity contribution >= 4 is 11.0 Å². The highest BCUT2D eigenvalue weighted by molar-refractivity contribution is 5.73. The molecule has 12 heavy (non-hydrogen) atoms. The van der Waals surface area contributed by atoms with Crippen LogP contribution in [0.25, 0.3) is 11.0 Å². The van der Waals surface area contributed by atoms with Gasteiger partial charge in [-0.2, -0.15) is 0 Å². The largest absolute Gasteiger partial charge is 0.422 e. The molecular formula is C7H6N2O3. The van der Waals surface area contributed by atoms with Gasteiger partial charge in [-0.15, -0.1) is 0 Å². The molecule has 2 rings (SSSR count). The van der Waals surface area contributed by atoms with Crippen LogP contribution in [-0.4, -0.2) is 9.55 Å². The molecule has 2 heterocycles. The third kappa shape index (κ3) is 0.730. The van der Waals surface area contributed by atoms with Gasteiger partial charge in [-0.05, 0) is 6.07 Å². The molecule has 0 saturated carbocycles. The molecule has 5 nitrogen and oxygen atoms in total. The van der Waals surface area contributed by atoms with Crippen molar-refractivity contribution in [2.45, 2.75) is 0 Å². The minimum Gasteiger partial charge on any atom is -0.371 e. The lowest BCUT2D eigenvalue weighted by Crippen LogP contribution is -2.21. The second-order valence-electron chi connectivity index (χ2n) is 2.45. The minimum absolute atomic E-state index is 0.317. The topological polar surface area (TPSA) is 68.0 Å². The number of H-pyrrole nitrogens is 1. The summed E-state index contributed by atoms with van der Waals surface area (Å²) in [4.78, 5) is 24.6. The van der Waals surface area contributed by atoms with Gasteiger partial charge < -0.3 is 9.40 Å². The highest BCUT2D eigenvalue weighted by Gasteiger charge is 2.05. The summed E-state index contributed by atoms with van der Waals surface area (Å²) < 4.78 is 5.67. The van der Waals surface area contributed by atoms with Gasteiger partial charge in [0.2, 0.25) is 0 Å². The van der Waals surface area contributed by atoms with E-state index in [0.29, 0.717) is 11.0 Å². The highest BCUT2D eigenvalue weighted by Crippen LogP contribution is 2.02. The average molecular weight is 166 g/mol. The molecule has 2 aromatic rings. The number of hydrogen-bond acceptors (Lipinski definition) is 3. The molecule has 62 valence electrons. The van der Waals surface area contributed by atoms with E-state index in [0.717, 1.165) is 0 Å². The van der Waals surface area contributed by atoms with E-state index in [4.69, 9.17) is 0 Å². The van der Waals surface area contributed by atoms with Crippen LogP contribution in [0.1, 0.15) is 0 Å². The Morgan fingerprint density at radius 3 is 3.00 bits per heavy atom. The second kappa shape index (κ2) is 2.10. The smallest absolute Gasteiger partial charge is 0.371 e. The van der Waals surface area contributed by atoms with Crippen molar-refractivity contribution in [2.75, 3.05) is 0 Å². The molecule has 0 aromatic carbocycles. The van der Waals surface area contributed by atoms with Gasteiger partial charge in [0.05, 0.1) is 5.52 Å². The summed E-state index contributed by atoms with van der Waals surface area (Å²) >= 11 is 0. The number of hydrogen-bond donors (Lipinski definition) is 1. The molecule has 5 heteroatoms. The third-order valence-corrected chi connectivity index (χ3v) is 1.74. The minimum atomic E-state index is -0.646. The lowest BCUT2D eigenvalue weighted by Gasteiger charge is -1.94. The van der Waals surface area contributed by atoms with Gasteiger partial charge in [0.1, 0.15) is 5.52 Å². The third-order valence-electron chi connectivity index (χ3n) is 1.74. The molecule has 2 aromatic heterocycles. The molecule has 0 spiro atoms. The van der Waals surface area contributed by atoms with Crippen molar-refractivity contribution in [1.29, 1.82) is 0 Å². The monoisotopic (exact) mass is 166 g/mol. The summed E-state index contributed by atoms with van der Waals surface area (Å²) in [6, 6.07) is 1.65. The lowest BCUT2D eigenvalue weighted by molar-refractivity contribution is 0.432. The van der Waals surface area contributed by atoms with Crippen LogP contribution in [0.15, 0.2) is 26.3 Å². The molecule has 0 fully saturated rings. The van der Waals surface area contributed by atoms with Gasteiger partial charge in [0.25, 0.3) is 0 Å². The number of nitrogens with zero attached hydrogens (tertiary/aromatic N) is 1. The number of nitrogens with one attached hydrogen (secondary N) is 1.